The predicted molar refractivity (Wildman–Crippen MR) is 110 cm³/mol. The number of hydrogen-bond acceptors (Lipinski definition) is 2. The second-order valence-electron chi connectivity index (χ2n) is 6.99. The van der Waals surface area contributed by atoms with Gasteiger partial charge >= 0.3 is 0 Å². The van der Waals surface area contributed by atoms with E-state index in [0.29, 0.717) is 0 Å². The molecule has 3 rings (SSSR count). The minimum absolute atomic E-state index is 0.799. The van der Waals surface area contributed by atoms with Crippen molar-refractivity contribution in [1.82, 2.24) is 4.98 Å². The fourth-order valence-electron chi connectivity index (χ4n) is 3.32. The summed E-state index contributed by atoms with van der Waals surface area (Å²) < 4.78 is 6.01. The Balaban J connectivity index is 1.63. The van der Waals surface area contributed by atoms with Crippen molar-refractivity contribution >= 4 is 10.8 Å². The van der Waals surface area contributed by atoms with Crippen LogP contribution in [0, 0.1) is 6.92 Å². The molecule has 0 aliphatic rings. The van der Waals surface area contributed by atoms with E-state index in [-0.39, 0.29) is 0 Å². The van der Waals surface area contributed by atoms with E-state index in [0.717, 1.165) is 42.9 Å². The summed E-state index contributed by atoms with van der Waals surface area (Å²) in [6.45, 7) is 5.10. The van der Waals surface area contributed by atoms with Gasteiger partial charge in [0.05, 0.1) is 6.61 Å². The van der Waals surface area contributed by atoms with Crippen LogP contribution in [0.1, 0.15) is 49.4 Å². The Morgan fingerprint density at radius 1 is 0.923 bits per heavy atom. The molecule has 136 valence electrons. The number of aryl methyl sites for hydroxylation is 3. The average molecular weight is 348 g/mol. The molecule has 0 atom stereocenters. The van der Waals surface area contributed by atoms with Gasteiger partial charge in [-0.25, -0.2) is 0 Å². The lowest BCUT2D eigenvalue weighted by molar-refractivity contribution is 0.302. The van der Waals surface area contributed by atoms with Gasteiger partial charge < -0.3 is 4.74 Å². The minimum atomic E-state index is 0.799. The maximum Gasteiger partial charge on any atom is 0.125 e. The number of pyridine rings is 1. The van der Waals surface area contributed by atoms with Gasteiger partial charge in [-0.05, 0) is 42.5 Å². The molecule has 0 fully saturated rings. The first-order valence-corrected chi connectivity index (χ1v) is 9.83. The minimum Gasteiger partial charge on any atom is -0.493 e. The zero-order chi connectivity index (χ0) is 18.2. The summed E-state index contributed by atoms with van der Waals surface area (Å²) in [6.07, 6.45) is 8.78. The number of unbranched alkanes of at least 4 members (excludes halogenated alkanes) is 3. The highest BCUT2D eigenvalue weighted by atomic mass is 16.5. The first-order valence-electron chi connectivity index (χ1n) is 9.83. The number of ether oxygens (including phenoxy) is 1. The molecule has 0 radical (unpaired) electrons. The van der Waals surface area contributed by atoms with Gasteiger partial charge in [-0.15, -0.1) is 0 Å². The molecule has 1 aromatic heterocycles. The second-order valence-corrected chi connectivity index (χ2v) is 6.99. The van der Waals surface area contributed by atoms with Crippen LogP contribution in [0.4, 0.5) is 0 Å². The molecule has 0 saturated carbocycles. The molecule has 2 heteroatoms. The monoisotopic (exact) mass is 347 g/mol. The maximum absolute atomic E-state index is 6.01. The molecule has 0 N–H and O–H groups in total. The largest absolute Gasteiger partial charge is 0.493 e. The lowest BCUT2D eigenvalue weighted by Crippen LogP contribution is -2.02. The number of fused-ring (bicyclic) bond motifs is 1. The van der Waals surface area contributed by atoms with E-state index in [1.54, 1.807) is 0 Å². The molecule has 1 heterocycles. The van der Waals surface area contributed by atoms with Gasteiger partial charge in [0.2, 0.25) is 0 Å². The topological polar surface area (TPSA) is 22.1 Å². The van der Waals surface area contributed by atoms with Crippen molar-refractivity contribution in [3.63, 3.8) is 0 Å². The standard InChI is InChI=1S/C24H29NO/c1-3-4-5-8-16-26-24-17-22(25-18-19(24)2)15-14-21-12-9-11-20-10-6-7-13-23(20)21/h6-7,9-13,17-18H,3-5,8,14-16H2,1-2H3. The van der Waals surface area contributed by atoms with Crippen LogP contribution in [-0.4, -0.2) is 11.6 Å². The molecule has 3 aromatic rings. The quantitative estimate of drug-likeness (QED) is 0.424. The van der Waals surface area contributed by atoms with Crippen molar-refractivity contribution in [2.24, 2.45) is 0 Å². The van der Waals surface area contributed by atoms with Crippen LogP contribution in [0.3, 0.4) is 0 Å². The van der Waals surface area contributed by atoms with Crippen LogP contribution in [0.2, 0.25) is 0 Å². The third-order valence-corrected chi connectivity index (χ3v) is 4.90. The Bertz CT molecular complexity index is 835. The van der Waals surface area contributed by atoms with E-state index in [9.17, 15) is 0 Å². The van der Waals surface area contributed by atoms with Crippen molar-refractivity contribution < 1.29 is 4.74 Å². The lowest BCUT2D eigenvalue weighted by atomic mass is 10.00. The highest BCUT2D eigenvalue weighted by molar-refractivity contribution is 5.85. The van der Waals surface area contributed by atoms with Crippen LogP contribution < -0.4 is 4.74 Å². The molecule has 0 unspecified atom stereocenters. The van der Waals surface area contributed by atoms with Gasteiger partial charge in [0.1, 0.15) is 5.75 Å². The lowest BCUT2D eigenvalue weighted by Gasteiger charge is -2.11. The van der Waals surface area contributed by atoms with Crippen LogP contribution >= 0.6 is 0 Å². The van der Waals surface area contributed by atoms with E-state index in [2.05, 4.69) is 67.4 Å². The molecule has 0 aliphatic heterocycles. The smallest absolute Gasteiger partial charge is 0.125 e. The van der Waals surface area contributed by atoms with Crippen LogP contribution in [0.25, 0.3) is 10.8 Å². The summed E-state index contributed by atoms with van der Waals surface area (Å²) in [7, 11) is 0. The zero-order valence-electron chi connectivity index (χ0n) is 16.0. The summed E-state index contributed by atoms with van der Waals surface area (Å²) in [4.78, 5) is 4.61. The fraction of sp³-hybridized carbons (Fsp3) is 0.375. The second kappa shape index (κ2) is 9.38. The van der Waals surface area contributed by atoms with Gasteiger partial charge in [0.25, 0.3) is 0 Å². The van der Waals surface area contributed by atoms with Crippen molar-refractivity contribution in [2.45, 2.75) is 52.4 Å². The Labute approximate surface area is 157 Å². The average Bonchev–Trinajstić information content (AvgIpc) is 2.68. The van der Waals surface area contributed by atoms with Gasteiger partial charge in [-0.2, -0.15) is 0 Å². The molecule has 0 bridgehead atoms. The van der Waals surface area contributed by atoms with E-state index in [4.69, 9.17) is 4.74 Å². The van der Waals surface area contributed by atoms with E-state index in [1.807, 2.05) is 6.20 Å². The first-order chi connectivity index (χ1) is 12.8. The Kier molecular flexibility index (Phi) is 6.65. The van der Waals surface area contributed by atoms with Gasteiger partial charge in [-0.3, -0.25) is 4.98 Å². The van der Waals surface area contributed by atoms with Crippen LogP contribution in [-0.2, 0) is 12.8 Å². The summed E-state index contributed by atoms with van der Waals surface area (Å²) in [5, 5.41) is 2.65. The van der Waals surface area contributed by atoms with Crippen LogP contribution in [0.15, 0.2) is 54.7 Å². The Morgan fingerprint density at radius 3 is 2.65 bits per heavy atom. The normalized spacial score (nSPS) is 11.0. The fourth-order valence-corrected chi connectivity index (χ4v) is 3.32. The van der Waals surface area contributed by atoms with Crippen molar-refractivity contribution in [3.05, 3.63) is 71.5 Å². The summed E-state index contributed by atoms with van der Waals surface area (Å²) >= 11 is 0. The molecule has 2 nitrogen and oxygen atoms in total. The van der Waals surface area contributed by atoms with E-state index in [1.165, 1.54) is 35.6 Å². The SMILES string of the molecule is CCCCCCOc1cc(CCc2cccc3ccccc23)ncc1C. The summed E-state index contributed by atoms with van der Waals surface area (Å²) in [6, 6.07) is 17.3. The molecule has 0 saturated heterocycles. The Morgan fingerprint density at radius 2 is 1.77 bits per heavy atom. The molecule has 26 heavy (non-hydrogen) atoms. The predicted octanol–water partition coefficient (Wildman–Crippen LogP) is 6.29. The molecule has 0 spiro atoms. The molecule has 2 aromatic carbocycles. The molecule has 0 aliphatic carbocycles. The highest BCUT2D eigenvalue weighted by Crippen LogP contribution is 2.22. The van der Waals surface area contributed by atoms with Crippen molar-refractivity contribution in [2.75, 3.05) is 6.61 Å². The molecular weight excluding hydrogens is 318 g/mol. The van der Waals surface area contributed by atoms with Gasteiger partial charge in [-0.1, -0.05) is 68.7 Å². The summed E-state index contributed by atoms with van der Waals surface area (Å²) in [5.74, 6) is 0.990. The zero-order valence-corrected chi connectivity index (χ0v) is 16.0. The number of rotatable bonds is 9. The molecule has 0 amide bonds. The highest BCUT2D eigenvalue weighted by Gasteiger charge is 2.06. The Hall–Kier alpha value is -2.35. The van der Waals surface area contributed by atoms with Crippen LogP contribution in [0.5, 0.6) is 5.75 Å². The van der Waals surface area contributed by atoms with Crippen molar-refractivity contribution in [3.8, 4) is 5.75 Å². The van der Waals surface area contributed by atoms with Crippen molar-refractivity contribution in [1.29, 1.82) is 0 Å². The molecular formula is C24H29NO. The van der Waals surface area contributed by atoms with Gasteiger partial charge in [0, 0.05) is 23.5 Å². The number of aromatic nitrogens is 1. The number of hydrogen-bond donors (Lipinski definition) is 0. The van der Waals surface area contributed by atoms with E-state index < -0.39 is 0 Å². The number of benzene rings is 2. The third-order valence-electron chi connectivity index (χ3n) is 4.90. The first kappa shape index (κ1) is 18.4. The number of nitrogens with zero attached hydrogens (tertiary/aromatic N) is 1. The third kappa shape index (κ3) is 4.85. The van der Waals surface area contributed by atoms with Gasteiger partial charge in [0.15, 0.2) is 0 Å². The summed E-state index contributed by atoms with van der Waals surface area (Å²) in [5.41, 5.74) is 3.61. The van der Waals surface area contributed by atoms with E-state index >= 15 is 0 Å². The maximum atomic E-state index is 6.01.